The van der Waals surface area contributed by atoms with Gasteiger partial charge in [-0.2, -0.15) is 0 Å². The second-order valence-corrected chi connectivity index (χ2v) is 6.60. The van der Waals surface area contributed by atoms with Gasteiger partial charge in [0, 0.05) is 37.0 Å². The molecular formula is C20H22N2O3. The Bertz CT molecular complexity index is 763. The molecule has 0 aromatic heterocycles. The fourth-order valence-electron chi connectivity index (χ4n) is 3.53. The van der Waals surface area contributed by atoms with E-state index in [-0.39, 0.29) is 17.9 Å². The van der Waals surface area contributed by atoms with Crippen LogP contribution in [0.15, 0.2) is 48.5 Å². The highest BCUT2D eigenvalue weighted by Gasteiger charge is 2.34. The molecule has 130 valence electrons. The van der Waals surface area contributed by atoms with Crippen LogP contribution >= 0.6 is 0 Å². The van der Waals surface area contributed by atoms with Crippen LogP contribution in [0.1, 0.15) is 28.3 Å². The Morgan fingerprint density at radius 2 is 1.76 bits per heavy atom. The van der Waals surface area contributed by atoms with Crippen molar-refractivity contribution in [3.05, 3.63) is 59.7 Å². The number of nitrogens with zero attached hydrogens (tertiary/aromatic N) is 1. The molecular weight excluding hydrogens is 316 g/mol. The van der Waals surface area contributed by atoms with E-state index in [1.807, 2.05) is 29.2 Å². The Balaban J connectivity index is 1.53. The van der Waals surface area contributed by atoms with E-state index in [1.165, 1.54) is 5.56 Å². The average molecular weight is 338 g/mol. The summed E-state index contributed by atoms with van der Waals surface area (Å²) < 4.78 is 11.3. The minimum absolute atomic E-state index is 0.00970. The van der Waals surface area contributed by atoms with Crippen LogP contribution in [0, 0.1) is 0 Å². The molecule has 25 heavy (non-hydrogen) atoms. The van der Waals surface area contributed by atoms with Crippen molar-refractivity contribution >= 4 is 5.91 Å². The van der Waals surface area contributed by atoms with E-state index in [4.69, 9.17) is 15.2 Å². The molecule has 1 saturated heterocycles. The Morgan fingerprint density at radius 1 is 1.00 bits per heavy atom. The highest BCUT2D eigenvalue weighted by Crippen LogP contribution is 2.32. The predicted octanol–water partition coefficient (Wildman–Crippen LogP) is 2.41. The highest BCUT2D eigenvalue weighted by atomic mass is 16.5. The maximum absolute atomic E-state index is 12.9. The summed E-state index contributed by atoms with van der Waals surface area (Å²) in [5.41, 5.74) is 8.11. The van der Waals surface area contributed by atoms with Crippen molar-refractivity contribution < 1.29 is 14.3 Å². The van der Waals surface area contributed by atoms with E-state index >= 15 is 0 Å². The Hall–Kier alpha value is -2.53. The molecule has 2 N–H and O–H groups in total. The number of benzene rings is 2. The van der Waals surface area contributed by atoms with Gasteiger partial charge in [-0.15, -0.1) is 0 Å². The lowest BCUT2D eigenvalue weighted by Crippen LogP contribution is -2.32. The molecule has 2 aliphatic heterocycles. The molecule has 1 fully saturated rings. The van der Waals surface area contributed by atoms with Gasteiger partial charge >= 0.3 is 0 Å². The van der Waals surface area contributed by atoms with Crippen LogP contribution in [0.25, 0.3) is 0 Å². The lowest BCUT2D eigenvalue weighted by Gasteiger charge is -2.17. The topological polar surface area (TPSA) is 64.8 Å². The van der Waals surface area contributed by atoms with Crippen LogP contribution in [-0.4, -0.2) is 43.2 Å². The second kappa shape index (κ2) is 6.76. The van der Waals surface area contributed by atoms with Gasteiger partial charge in [0.2, 0.25) is 0 Å². The molecule has 5 heteroatoms. The van der Waals surface area contributed by atoms with E-state index in [2.05, 4.69) is 12.1 Å². The van der Waals surface area contributed by atoms with Gasteiger partial charge < -0.3 is 20.1 Å². The van der Waals surface area contributed by atoms with E-state index < -0.39 is 0 Å². The third-order valence-electron chi connectivity index (χ3n) is 4.87. The van der Waals surface area contributed by atoms with Crippen molar-refractivity contribution in [3.63, 3.8) is 0 Å². The number of likely N-dealkylation sites (tertiary alicyclic amines) is 1. The fraction of sp³-hybridized carbons (Fsp3) is 0.350. The van der Waals surface area contributed by atoms with Crippen molar-refractivity contribution in [2.75, 3.05) is 26.3 Å². The summed E-state index contributed by atoms with van der Waals surface area (Å²) in [6, 6.07) is 15.5. The second-order valence-electron chi connectivity index (χ2n) is 6.60. The van der Waals surface area contributed by atoms with Crippen molar-refractivity contribution in [3.8, 4) is 11.5 Å². The number of nitrogens with two attached hydrogens (primary N) is 1. The van der Waals surface area contributed by atoms with Crippen molar-refractivity contribution in [2.24, 2.45) is 5.73 Å². The quantitative estimate of drug-likeness (QED) is 0.913. The van der Waals surface area contributed by atoms with Crippen molar-refractivity contribution in [1.29, 1.82) is 0 Å². The van der Waals surface area contributed by atoms with Gasteiger partial charge in [0.15, 0.2) is 11.5 Å². The van der Waals surface area contributed by atoms with Gasteiger partial charge in [0.05, 0.1) is 13.2 Å². The number of amides is 1. The summed E-state index contributed by atoms with van der Waals surface area (Å²) in [7, 11) is 0. The number of carbonyl (C=O) groups excluding carboxylic acids is 1. The van der Waals surface area contributed by atoms with E-state index in [0.29, 0.717) is 43.4 Å². The zero-order valence-electron chi connectivity index (χ0n) is 14.1. The molecule has 2 atom stereocenters. The zero-order chi connectivity index (χ0) is 17.2. The largest absolute Gasteiger partial charge is 0.490 e. The maximum Gasteiger partial charge on any atom is 0.254 e. The predicted molar refractivity (Wildman–Crippen MR) is 95.1 cm³/mol. The molecule has 0 radical (unpaired) electrons. The highest BCUT2D eigenvalue weighted by molar-refractivity contribution is 5.95. The molecule has 0 saturated carbocycles. The summed E-state index contributed by atoms with van der Waals surface area (Å²) in [4.78, 5) is 14.8. The number of hydrogen-bond acceptors (Lipinski definition) is 4. The third-order valence-corrected chi connectivity index (χ3v) is 4.87. The number of ether oxygens (including phenoxy) is 2. The van der Waals surface area contributed by atoms with Crippen LogP contribution in [0.2, 0.25) is 0 Å². The third kappa shape index (κ3) is 3.20. The summed E-state index contributed by atoms with van der Waals surface area (Å²) in [6.07, 6.45) is 0.845. The number of hydrogen-bond donors (Lipinski definition) is 1. The fourth-order valence-corrected chi connectivity index (χ4v) is 3.53. The smallest absolute Gasteiger partial charge is 0.254 e. The van der Waals surface area contributed by atoms with Crippen LogP contribution in [-0.2, 0) is 0 Å². The van der Waals surface area contributed by atoms with Gasteiger partial charge in [0.1, 0.15) is 0 Å². The van der Waals surface area contributed by atoms with Gasteiger partial charge in [-0.3, -0.25) is 4.79 Å². The van der Waals surface area contributed by atoms with E-state index in [1.54, 1.807) is 12.1 Å². The molecule has 2 heterocycles. The Kier molecular flexibility index (Phi) is 4.32. The molecule has 0 unspecified atom stereocenters. The summed E-state index contributed by atoms with van der Waals surface area (Å²) in [6.45, 7) is 2.45. The summed E-state index contributed by atoms with van der Waals surface area (Å²) in [5, 5.41) is 0. The monoisotopic (exact) mass is 338 g/mol. The van der Waals surface area contributed by atoms with E-state index in [9.17, 15) is 4.79 Å². The van der Waals surface area contributed by atoms with Gasteiger partial charge in [-0.1, -0.05) is 30.3 Å². The summed E-state index contributed by atoms with van der Waals surface area (Å²) in [5.74, 6) is 1.51. The number of fused-ring (bicyclic) bond motifs is 1. The molecule has 2 aromatic carbocycles. The van der Waals surface area contributed by atoms with Crippen molar-refractivity contribution in [2.45, 2.75) is 18.4 Å². The number of rotatable bonds is 2. The van der Waals surface area contributed by atoms with Crippen LogP contribution in [0.5, 0.6) is 11.5 Å². The Morgan fingerprint density at radius 3 is 2.56 bits per heavy atom. The van der Waals surface area contributed by atoms with E-state index in [0.717, 1.165) is 6.42 Å². The van der Waals surface area contributed by atoms with Crippen LogP contribution in [0.4, 0.5) is 0 Å². The normalized spacial score (nSPS) is 22.5. The molecule has 0 bridgehead atoms. The van der Waals surface area contributed by atoms with Gasteiger partial charge in [-0.25, -0.2) is 0 Å². The standard InChI is InChI=1S/C20H22N2O3/c21-17-13-22(12-16(17)14-5-2-1-3-6-14)20(23)15-7-8-18-19(11-15)25-10-4-9-24-18/h1-3,5-8,11,16-17H,4,9-10,12-13,21H2/t16-,17+/m0/s1. The first-order chi connectivity index (χ1) is 12.2. The Labute approximate surface area is 147 Å². The molecule has 0 aliphatic carbocycles. The van der Waals surface area contributed by atoms with Crippen molar-refractivity contribution in [1.82, 2.24) is 4.90 Å². The molecule has 2 aliphatic rings. The first kappa shape index (κ1) is 16.0. The minimum atomic E-state index is -0.0493. The van der Waals surface area contributed by atoms with Crippen LogP contribution < -0.4 is 15.2 Å². The molecule has 1 amide bonds. The first-order valence-corrected chi connectivity index (χ1v) is 8.72. The molecule has 0 spiro atoms. The molecule has 2 aromatic rings. The lowest BCUT2D eigenvalue weighted by atomic mass is 9.95. The summed E-state index contributed by atoms with van der Waals surface area (Å²) >= 11 is 0. The zero-order valence-corrected chi connectivity index (χ0v) is 14.1. The van der Waals surface area contributed by atoms with Gasteiger partial charge in [-0.05, 0) is 23.8 Å². The first-order valence-electron chi connectivity index (χ1n) is 8.72. The maximum atomic E-state index is 12.9. The molecule has 4 rings (SSSR count). The average Bonchev–Trinajstić information content (AvgIpc) is 2.88. The van der Waals surface area contributed by atoms with Crippen LogP contribution in [0.3, 0.4) is 0 Å². The molecule has 5 nitrogen and oxygen atoms in total. The minimum Gasteiger partial charge on any atom is -0.490 e. The van der Waals surface area contributed by atoms with Gasteiger partial charge in [0.25, 0.3) is 5.91 Å². The lowest BCUT2D eigenvalue weighted by molar-refractivity contribution is 0.0788. The number of carbonyl (C=O) groups is 1. The SMILES string of the molecule is N[C@@H]1CN(C(=O)c2ccc3c(c2)OCCCO3)C[C@H]1c1ccccc1.